The molecule has 0 unspecified atom stereocenters. The molecule has 0 radical (unpaired) electrons. The van der Waals surface area contributed by atoms with Crippen LogP contribution >= 0.6 is 0 Å². The lowest BCUT2D eigenvalue weighted by Crippen LogP contribution is -2.50. The van der Waals surface area contributed by atoms with E-state index in [1.165, 1.54) is 27.2 Å². The standard InChI is InChI=1S/C44H59N5O11/c1-21-12-11-13-22(2)42(55)46-34-33-32(47-44(20-45-33)15-17-49(9)18-16-44)29-30(38(34)54)37(53)26(6)40-31(29)41(48-56)43(8,60-40)58-19-14-28(57-10)23(3)39(59-27(7)50)25(5)36(52)24(4)35(21)51/h11-14,19,21,23-25,28,35-36,39,51-54,56H,15-18,20H2,1-10H3,(H,46,55)/b12-11+,19-14+,22-13-,48-41+/t21-,23+,24+,25+,28-,35-,36+,39+,43-/m0/s1. The molecule has 4 bridgehead atoms. The van der Waals surface area contributed by atoms with E-state index in [-0.39, 0.29) is 67.6 Å². The molecule has 1 spiro atoms. The molecule has 6 rings (SSSR count). The maximum Gasteiger partial charge on any atom is 0.302 e. The Kier molecular flexibility index (Phi) is 12.7. The number of esters is 1. The normalized spacial score (nSPS) is 33.8. The number of ether oxygens (including phenoxy) is 4. The van der Waals surface area contributed by atoms with Crippen LogP contribution in [0.5, 0.6) is 17.2 Å². The molecule has 1 fully saturated rings. The topological polar surface area (TPSA) is 225 Å². The molecule has 1 saturated heterocycles. The van der Waals surface area contributed by atoms with Crippen molar-refractivity contribution >= 4 is 34.0 Å². The second-order valence-electron chi connectivity index (χ2n) is 17.1. The summed E-state index contributed by atoms with van der Waals surface area (Å²) in [5, 5.41) is 64.8. The van der Waals surface area contributed by atoms with Gasteiger partial charge in [0.15, 0.2) is 11.5 Å². The first-order chi connectivity index (χ1) is 28.3. The van der Waals surface area contributed by atoms with Crippen LogP contribution in [-0.2, 0) is 23.8 Å². The number of rotatable bonds is 2. The van der Waals surface area contributed by atoms with E-state index >= 15 is 0 Å². The number of phenolic OH excluding ortho intramolecular Hbond substituents is 2. The van der Waals surface area contributed by atoms with Crippen molar-refractivity contribution in [2.24, 2.45) is 38.8 Å². The summed E-state index contributed by atoms with van der Waals surface area (Å²) < 4.78 is 24.3. The fourth-order valence-electron chi connectivity index (χ4n) is 8.93. The number of piperidine rings is 1. The van der Waals surface area contributed by atoms with E-state index in [0.29, 0.717) is 12.8 Å². The molecule has 16 nitrogen and oxygen atoms in total. The molecular weight excluding hydrogens is 775 g/mol. The van der Waals surface area contributed by atoms with Gasteiger partial charge in [-0.25, -0.2) is 0 Å². The second kappa shape index (κ2) is 17.1. The van der Waals surface area contributed by atoms with Gasteiger partial charge in [-0.05, 0) is 39.8 Å². The highest BCUT2D eigenvalue weighted by Crippen LogP contribution is 2.50. The molecule has 0 aromatic heterocycles. The zero-order valence-corrected chi connectivity index (χ0v) is 36.0. The summed E-state index contributed by atoms with van der Waals surface area (Å²) >= 11 is 0. The lowest BCUT2D eigenvalue weighted by atomic mass is 9.78. The Labute approximate surface area is 349 Å². The van der Waals surface area contributed by atoms with Crippen molar-refractivity contribution in [3.63, 3.8) is 0 Å². The molecule has 0 aliphatic carbocycles. The molecule has 326 valence electrons. The van der Waals surface area contributed by atoms with Crippen LogP contribution in [0.15, 0.2) is 51.3 Å². The molecule has 16 heteroatoms. The van der Waals surface area contributed by atoms with E-state index in [9.17, 15) is 35.2 Å². The number of methoxy groups -OCH3 is 1. The third-order valence-electron chi connectivity index (χ3n) is 12.9. The minimum atomic E-state index is -1.81. The number of nitrogens with zero attached hydrogens (tertiary/aromatic N) is 4. The number of allylic oxidation sites excluding steroid dienone is 2. The predicted octanol–water partition coefficient (Wildman–Crippen LogP) is 3.76. The van der Waals surface area contributed by atoms with Gasteiger partial charge in [-0.15, -0.1) is 0 Å². The Morgan fingerprint density at radius 3 is 2.32 bits per heavy atom. The lowest BCUT2D eigenvalue weighted by Gasteiger charge is -2.38. The van der Waals surface area contributed by atoms with Gasteiger partial charge in [-0.2, -0.15) is 0 Å². The first kappa shape index (κ1) is 44.5. The molecule has 2 aromatic carbocycles. The maximum absolute atomic E-state index is 13.9. The Balaban J connectivity index is 1.59. The number of anilines is 1. The number of carbonyl (C=O) groups excluding carboxylic acids is 2. The number of hydrogen-bond acceptors (Lipinski definition) is 15. The van der Waals surface area contributed by atoms with Crippen molar-refractivity contribution < 1.29 is 54.2 Å². The summed E-state index contributed by atoms with van der Waals surface area (Å²) in [6, 6.07) is 0. The first-order valence-corrected chi connectivity index (χ1v) is 20.5. The van der Waals surface area contributed by atoms with E-state index in [2.05, 4.69) is 15.4 Å². The van der Waals surface area contributed by atoms with Crippen molar-refractivity contribution in [1.29, 1.82) is 0 Å². The van der Waals surface area contributed by atoms with E-state index in [4.69, 9.17) is 28.9 Å². The van der Waals surface area contributed by atoms with Crippen LogP contribution in [-0.4, -0.2) is 118 Å². The number of aromatic hydroxyl groups is 2. The molecule has 1 amide bonds. The number of nitrogens with one attached hydrogen (secondary N) is 1. The van der Waals surface area contributed by atoms with Crippen molar-refractivity contribution in [2.45, 2.75) is 104 Å². The molecule has 6 N–H and O–H groups in total. The Morgan fingerprint density at radius 1 is 1.00 bits per heavy atom. The van der Waals surface area contributed by atoms with Gasteiger partial charge >= 0.3 is 5.97 Å². The van der Waals surface area contributed by atoms with Crippen LogP contribution in [0.1, 0.15) is 72.4 Å². The van der Waals surface area contributed by atoms with E-state index in [0.717, 1.165) is 13.1 Å². The van der Waals surface area contributed by atoms with Crippen LogP contribution in [0.3, 0.4) is 0 Å². The largest absolute Gasteiger partial charge is 0.507 e. The van der Waals surface area contributed by atoms with Gasteiger partial charge in [0.1, 0.15) is 28.6 Å². The highest BCUT2D eigenvalue weighted by atomic mass is 16.7. The molecule has 4 aliphatic heterocycles. The number of hydrogen-bond donors (Lipinski definition) is 6. The van der Waals surface area contributed by atoms with E-state index in [1.54, 1.807) is 65.8 Å². The molecule has 4 heterocycles. The summed E-state index contributed by atoms with van der Waals surface area (Å²) in [5.74, 6) is -6.00. The van der Waals surface area contributed by atoms with E-state index < -0.39 is 77.0 Å². The summed E-state index contributed by atoms with van der Waals surface area (Å²) in [7, 11) is 3.51. The number of likely N-dealkylation sites (tertiary alicyclic amines) is 1. The zero-order valence-electron chi connectivity index (χ0n) is 36.0. The fraction of sp³-hybridized carbons (Fsp3) is 0.568. The minimum Gasteiger partial charge on any atom is -0.507 e. The highest BCUT2D eigenvalue weighted by molar-refractivity contribution is 6.21. The molecular formula is C44H59N5O11. The van der Waals surface area contributed by atoms with Gasteiger partial charge in [0.25, 0.3) is 11.7 Å². The summed E-state index contributed by atoms with van der Waals surface area (Å²) in [4.78, 5) is 38.8. The average molecular weight is 834 g/mol. The SMILES string of the molecule is CO[C@H]1/C=C/O[C@@]2(C)Oc3c(C)c(O)c4c(O)c(c5c(c4c3/C2=N\O)=NC2(CCN(C)CC2)CN=5)NC(=O)/C(C)=C\C=C\[C@H](C)[C@H](O)[C@@H](C)[C@@H](O)[C@@H](C)[C@H](OC(C)=O)[C@@H]1C. The average Bonchev–Trinajstić information content (AvgIpc) is 3.52. The number of amides is 1. The Morgan fingerprint density at radius 2 is 1.68 bits per heavy atom. The minimum absolute atomic E-state index is 0.0503. The van der Waals surface area contributed by atoms with Crippen LogP contribution < -0.4 is 20.8 Å². The van der Waals surface area contributed by atoms with Gasteiger partial charge in [-0.1, -0.05) is 51.1 Å². The van der Waals surface area contributed by atoms with Crippen LogP contribution in [0.2, 0.25) is 0 Å². The lowest BCUT2D eigenvalue weighted by molar-refractivity contribution is -0.160. The van der Waals surface area contributed by atoms with Gasteiger partial charge < -0.3 is 54.8 Å². The number of benzene rings is 2. The molecule has 2 aromatic rings. The molecule has 4 aliphatic rings. The van der Waals surface area contributed by atoms with Crippen LogP contribution in [0.25, 0.3) is 10.8 Å². The fourth-order valence-corrected chi connectivity index (χ4v) is 8.93. The van der Waals surface area contributed by atoms with Crippen molar-refractivity contribution in [3.05, 3.63) is 58.0 Å². The van der Waals surface area contributed by atoms with Crippen molar-refractivity contribution in [2.75, 3.05) is 39.1 Å². The number of carbonyl (C=O) groups is 2. The zero-order chi connectivity index (χ0) is 44.0. The van der Waals surface area contributed by atoms with Gasteiger partial charge in [0, 0.05) is 74.2 Å². The van der Waals surface area contributed by atoms with Crippen LogP contribution in [0.4, 0.5) is 5.69 Å². The second-order valence-corrected chi connectivity index (χ2v) is 17.1. The Bertz CT molecular complexity index is 2280. The monoisotopic (exact) mass is 833 g/mol. The number of aliphatic hydroxyl groups excluding tert-OH is 2. The maximum atomic E-state index is 13.9. The Hall–Kier alpha value is -5.03. The third kappa shape index (κ3) is 7.97. The van der Waals surface area contributed by atoms with Gasteiger partial charge in [-0.3, -0.25) is 19.6 Å². The first-order valence-electron chi connectivity index (χ1n) is 20.5. The van der Waals surface area contributed by atoms with Crippen molar-refractivity contribution in [1.82, 2.24) is 4.90 Å². The highest BCUT2D eigenvalue weighted by Gasteiger charge is 2.49. The molecule has 60 heavy (non-hydrogen) atoms. The number of oxime groups is 1. The molecule has 9 atom stereocenters. The number of phenols is 2. The summed E-state index contributed by atoms with van der Waals surface area (Å²) in [6.45, 7) is 14.8. The summed E-state index contributed by atoms with van der Waals surface area (Å²) in [6.07, 6.45) is 5.39. The van der Waals surface area contributed by atoms with E-state index in [1.807, 2.05) is 7.05 Å². The summed E-state index contributed by atoms with van der Waals surface area (Å²) in [5.41, 5.74) is -0.108. The van der Waals surface area contributed by atoms with Crippen molar-refractivity contribution in [3.8, 4) is 17.2 Å². The third-order valence-corrected chi connectivity index (χ3v) is 12.9. The molecule has 0 saturated carbocycles. The predicted molar refractivity (Wildman–Crippen MR) is 223 cm³/mol. The van der Waals surface area contributed by atoms with Gasteiger partial charge in [0.05, 0.1) is 53.0 Å². The quantitative estimate of drug-likeness (QED) is 0.110. The number of aliphatic hydroxyl groups is 2. The smallest absolute Gasteiger partial charge is 0.302 e. The van der Waals surface area contributed by atoms with Crippen LogP contribution in [0, 0.1) is 30.6 Å². The number of fused-ring (bicyclic) bond motifs is 1. The van der Waals surface area contributed by atoms with Gasteiger partial charge in [0.2, 0.25) is 0 Å².